The molecule has 3 aromatic carbocycles. The number of carbonyl (C=O) groups is 4. The highest BCUT2D eigenvalue weighted by molar-refractivity contribution is 6.31. The molecule has 0 spiro atoms. The Hall–Kier alpha value is -6.09. The summed E-state index contributed by atoms with van der Waals surface area (Å²) in [5.41, 5.74) is 2.26. The van der Waals surface area contributed by atoms with Crippen LogP contribution in [0, 0.1) is 28.1 Å². The number of amides is 4. The number of carbonyl (C=O) groups excluding carboxylic acids is 4. The quantitative estimate of drug-likeness (QED) is 0.181. The molecule has 1 aromatic heterocycles. The Balaban J connectivity index is 0.669. The van der Waals surface area contributed by atoms with Crippen molar-refractivity contribution in [2.45, 2.75) is 90.5 Å². The molecule has 4 amide bonds. The SMILES string of the molecule is CC1(C)[C@H](NC(=O)c2ccc(N3CCN(CCOC4CCN(C(=O)C5CCN(c6ccc7nnn(C8CCC(=O)NC8=O)c(=O)c7c6)CC5)CC4)CC3)cc2)C(C)(C)[C@H]1Oc1ccc(C#N)c(Cl)c1. The van der Waals surface area contributed by atoms with Gasteiger partial charge in [0.25, 0.3) is 17.4 Å². The average Bonchev–Trinajstić information content (AvgIpc) is 3.35. The fourth-order valence-electron chi connectivity index (χ4n) is 11.5. The molecule has 4 aliphatic heterocycles. The Kier molecular flexibility index (Phi) is 13.7. The smallest absolute Gasteiger partial charge is 0.278 e. The number of piperidine rings is 3. The highest BCUT2D eigenvalue weighted by atomic mass is 35.5. The van der Waals surface area contributed by atoms with E-state index in [1.54, 1.807) is 30.3 Å². The largest absolute Gasteiger partial charge is 0.489 e. The van der Waals surface area contributed by atoms with Crippen molar-refractivity contribution in [2.75, 3.05) is 75.3 Å². The van der Waals surface area contributed by atoms with Crippen LogP contribution in [0.5, 0.6) is 5.75 Å². The van der Waals surface area contributed by atoms with Gasteiger partial charge in [-0.25, -0.2) is 0 Å². The number of likely N-dealkylation sites (tertiary alicyclic amines) is 1. The number of nitrogens with zero attached hydrogens (tertiary/aromatic N) is 8. The van der Waals surface area contributed by atoms with E-state index in [9.17, 15) is 29.2 Å². The van der Waals surface area contributed by atoms with Crippen LogP contribution in [0.15, 0.2) is 65.5 Å². The molecular weight excluding hydrogens is 900 g/mol. The van der Waals surface area contributed by atoms with E-state index in [2.05, 4.69) is 69.4 Å². The number of hydrogen-bond acceptors (Lipinski definition) is 13. The third kappa shape index (κ3) is 9.89. The van der Waals surface area contributed by atoms with E-state index in [-0.39, 0.29) is 65.6 Å². The highest BCUT2D eigenvalue weighted by Gasteiger charge is 2.64. The van der Waals surface area contributed by atoms with Crippen molar-refractivity contribution in [3.05, 3.63) is 87.2 Å². The molecule has 0 bridgehead atoms. The molecule has 1 saturated carbocycles. The van der Waals surface area contributed by atoms with Crippen molar-refractivity contribution in [1.82, 2.24) is 35.4 Å². The van der Waals surface area contributed by atoms with E-state index in [4.69, 9.17) is 21.1 Å². The molecule has 9 rings (SSSR count). The van der Waals surface area contributed by atoms with E-state index < -0.39 is 17.5 Å². The number of benzene rings is 3. The van der Waals surface area contributed by atoms with Gasteiger partial charge in [-0.15, -0.1) is 5.10 Å². The van der Waals surface area contributed by atoms with Gasteiger partial charge in [0.15, 0.2) is 0 Å². The number of nitrogens with one attached hydrogen (secondary N) is 2. The monoisotopic (exact) mass is 960 g/mol. The number of ether oxygens (including phenoxy) is 2. The Bertz CT molecular complexity index is 2680. The molecule has 4 aromatic rings. The van der Waals surface area contributed by atoms with Crippen molar-refractivity contribution in [3.8, 4) is 11.8 Å². The summed E-state index contributed by atoms with van der Waals surface area (Å²) in [6, 6.07) is 19.5. The van der Waals surface area contributed by atoms with Crippen LogP contribution >= 0.6 is 11.6 Å². The molecule has 2 N–H and O–H groups in total. The van der Waals surface area contributed by atoms with Crippen LogP contribution in [-0.2, 0) is 19.1 Å². The van der Waals surface area contributed by atoms with Gasteiger partial charge in [0.05, 0.1) is 28.7 Å². The molecule has 5 fully saturated rings. The van der Waals surface area contributed by atoms with Gasteiger partial charge in [0, 0.05) is 111 Å². The molecule has 17 nitrogen and oxygen atoms in total. The van der Waals surface area contributed by atoms with Gasteiger partial charge in [0.2, 0.25) is 11.8 Å². The van der Waals surface area contributed by atoms with Crippen LogP contribution in [0.2, 0.25) is 5.02 Å². The van der Waals surface area contributed by atoms with E-state index in [0.717, 1.165) is 61.6 Å². The number of hydrogen-bond donors (Lipinski definition) is 2. The second-order valence-electron chi connectivity index (χ2n) is 20.3. The summed E-state index contributed by atoms with van der Waals surface area (Å²) in [5, 5.41) is 23.7. The standard InChI is InChI=1S/C51H61ClN10O7/c1-50(2)48(51(3,4)49(50)69-38-11-7-34(31-53)40(52)30-38)55-44(64)32-5-8-35(9-6-32)60-25-23-58(24-26-60)27-28-68-37-17-21-61(22-18-37)46(66)33-15-19-59(20-16-33)36-10-12-41-39(29-36)47(67)62(57-56-41)42-13-14-43(63)54-45(42)65/h5-12,29-30,33,37,42,48-49H,13-28H2,1-4H3,(H,55,64)(H,54,63,65)/t42?,48-,49-. The lowest BCUT2D eigenvalue weighted by Crippen LogP contribution is -2.74. The highest BCUT2D eigenvalue weighted by Crippen LogP contribution is 2.55. The molecule has 5 aliphatic rings. The first-order chi connectivity index (χ1) is 33.1. The minimum Gasteiger partial charge on any atom is -0.489 e. The molecule has 1 aliphatic carbocycles. The molecule has 69 heavy (non-hydrogen) atoms. The molecule has 4 saturated heterocycles. The number of halogens is 1. The van der Waals surface area contributed by atoms with Crippen LogP contribution in [0.3, 0.4) is 0 Å². The number of piperazine rings is 1. The van der Waals surface area contributed by atoms with Crippen molar-refractivity contribution in [2.24, 2.45) is 16.7 Å². The van der Waals surface area contributed by atoms with Crippen LogP contribution in [-0.4, -0.2) is 132 Å². The molecule has 18 heteroatoms. The maximum atomic E-state index is 13.6. The number of anilines is 2. The van der Waals surface area contributed by atoms with E-state index in [1.807, 2.05) is 35.2 Å². The second kappa shape index (κ2) is 19.7. The normalized spacial score (nSPS) is 23.2. The summed E-state index contributed by atoms with van der Waals surface area (Å²) in [5.74, 6) is -0.278. The minimum absolute atomic E-state index is 0.0534. The van der Waals surface area contributed by atoms with Crippen molar-refractivity contribution in [3.63, 3.8) is 0 Å². The Morgan fingerprint density at radius 1 is 0.841 bits per heavy atom. The lowest BCUT2D eigenvalue weighted by Gasteiger charge is -2.63. The van der Waals surface area contributed by atoms with Crippen LogP contribution in [0.1, 0.15) is 88.2 Å². The third-order valence-electron chi connectivity index (χ3n) is 15.2. The zero-order valence-corrected chi connectivity index (χ0v) is 40.5. The first-order valence-electron chi connectivity index (χ1n) is 24.2. The summed E-state index contributed by atoms with van der Waals surface area (Å²) >= 11 is 6.26. The summed E-state index contributed by atoms with van der Waals surface area (Å²) in [7, 11) is 0. The van der Waals surface area contributed by atoms with Crippen LogP contribution < -0.4 is 30.7 Å². The van der Waals surface area contributed by atoms with Crippen molar-refractivity contribution >= 4 is 57.5 Å². The van der Waals surface area contributed by atoms with Crippen LogP contribution in [0.4, 0.5) is 11.4 Å². The lowest BCUT2D eigenvalue weighted by atomic mass is 9.49. The third-order valence-corrected chi connectivity index (χ3v) is 15.5. The molecule has 5 heterocycles. The Morgan fingerprint density at radius 3 is 2.19 bits per heavy atom. The maximum absolute atomic E-state index is 13.6. The second-order valence-corrected chi connectivity index (χ2v) is 20.7. The number of fused-ring (bicyclic) bond motifs is 1. The summed E-state index contributed by atoms with van der Waals surface area (Å²) in [4.78, 5) is 73.6. The summed E-state index contributed by atoms with van der Waals surface area (Å²) in [6.45, 7) is 16.2. The van der Waals surface area contributed by atoms with Crippen LogP contribution in [0.25, 0.3) is 10.9 Å². The predicted octanol–water partition coefficient (Wildman–Crippen LogP) is 4.95. The first-order valence-corrected chi connectivity index (χ1v) is 24.6. The number of aromatic nitrogens is 3. The summed E-state index contributed by atoms with van der Waals surface area (Å²) in [6.07, 6.45) is 3.36. The van der Waals surface area contributed by atoms with Gasteiger partial charge in [0.1, 0.15) is 29.5 Å². The number of imide groups is 1. The first kappa shape index (κ1) is 48.0. The Labute approximate surface area is 407 Å². The van der Waals surface area contributed by atoms with Gasteiger partial charge in [-0.1, -0.05) is 44.5 Å². The fourth-order valence-corrected chi connectivity index (χ4v) is 11.7. The maximum Gasteiger partial charge on any atom is 0.278 e. The van der Waals surface area contributed by atoms with Crippen molar-refractivity contribution in [1.29, 1.82) is 5.26 Å². The average molecular weight is 962 g/mol. The van der Waals surface area contributed by atoms with E-state index in [0.29, 0.717) is 78.4 Å². The van der Waals surface area contributed by atoms with Gasteiger partial charge >= 0.3 is 0 Å². The molecule has 364 valence electrons. The zero-order valence-electron chi connectivity index (χ0n) is 39.8. The molecule has 0 radical (unpaired) electrons. The van der Waals surface area contributed by atoms with E-state index in [1.165, 1.54) is 0 Å². The molecule has 1 unspecified atom stereocenters. The molecular formula is C51H61ClN10O7. The fraction of sp³-hybridized carbons (Fsp3) is 0.529. The predicted molar refractivity (Wildman–Crippen MR) is 260 cm³/mol. The lowest BCUT2D eigenvalue weighted by molar-refractivity contribution is -0.164. The number of rotatable bonds is 12. The minimum atomic E-state index is -0.882. The number of nitriles is 1. The van der Waals surface area contributed by atoms with Crippen molar-refractivity contribution < 1.29 is 28.7 Å². The van der Waals surface area contributed by atoms with Gasteiger partial charge in [-0.05, 0) is 86.7 Å². The van der Waals surface area contributed by atoms with Gasteiger partial charge in [-0.3, -0.25) is 34.2 Å². The van der Waals surface area contributed by atoms with Gasteiger partial charge in [-0.2, -0.15) is 9.94 Å². The topological polar surface area (TPSA) is 195 Å². The zero-order chi connectivity index (χ0) is 48.6. The Morgan fingerprint density at radius 2 is 1.52 bits per heavy atom. The molecule has 1 atom stereocenters. The van der Waals surface area contributed by atoms with Gasteiger partial charge < -0.3 is 29.5 Å². The summed E-state index contributed by atoms with van der Waals surface area (Å²) < 4.78 is 13.8. The van der Waals surface area contributed by atoms with E-state index >= 15 is 0 Å².